The number of thiazole rings is 1. The minimum Gasteiger partial charge on any atom is -0.493 e. The number of carbonyl (C=O) groups is 1. The summed E-state index contributed by atoms with van der Waals surface area (Å²) in [5.41, 5.74) is 5.05. The molecule has 0 aliphatic carbocycles. The van der Waals surface area contributed by atoms with Crippen molar-refractivity contribution < 1.29 is 14.3 Å². The number of hydrogen-bond acceptors (Lipinski definition) is 6. The van der Waals surface area contributed by atoms with Crippen LogP contribution in [0.5, 0.6) is 11.5 Å². The van der Waals surface area contributed by atoms with Crippen molar-refractivity contribution in [3.63, 3.8) is 0 Å². The third kappa shape index (κ3) is 3.41. The third-order valence-corrected chi connectivity index (χ3v) is 5.65. The lowest BCUT2D eigenvalue weighted by Gasteiger charge is -2.10. The van der Waals surface area contributed by atoms with Crippen LogP contribution in [0.3, 0.4) is 0 Å². The van der Waals surface area contributed by atoms with Gasteiger partial charge in [0.05, 0.1) is 26.3 Å². The van der Waals surface area contributed by atoms with E-state index in [1.807, 2.05) is 42.8 Å². The summed E-state index contributed by atoms with van der Waals surface area (Å²) >= 11 is 1.56. The highest BCUT2D eigenvalue weighted by atomic mass is 32.1. The summed E-state index contributed by atoms with van der Waals surface area (Å²) in [7, 11) is 5.07. The first kappa shape index (κ1) is 18.3. The summed E-state index contributed by atoms with van der Waals surface area (Å²) in [4.78, 5) is 18.3. The van der Waals surface area contributed by atoms with Crippen LogP contribution in [0.1, 0.15) is 11.1 Å². The monoisotopic (exact) mass is 395 g/mol. The summed E-state index contributed by atoms with van der Waals surface area (Å²) in [6.07, 6.45) is 0.453. The van der Waals surface area contributed by atoms with Crippen LogP contribution >= 0.6 is 11.3 Å². The number of likely N-dealkylation sites (N-methyl/N-ethyl adjacent to an activating group) is 1. The van der Waals surface area contributed by atoms with Crippen molar-refractivity contribution in [2.75, 3.05) is 31.5 Å². The molecule has 0 atom stereocenters. The second-order valence-electron chi connectivity index (χ2n) is 6.55. The molecule has 1 aromatic heterocycles. The number of carbonyl (C=O) groups excluding carboxylic acids is 1. The van der Waals surface area contributed by atoms with Crippen molar-refractivity contribution in [1.82, 2.24) is 4.98 Å². The van der Waals surface area contributed by atoms with E-state index < -0.39 is 0 Å². The highest BCUT2D eigenvalue weighted by Gasteiger charge is 2.24. The van der Waals surface area contributed by atoms with Crippen LogP contribution in [-0.4, -0.2) is 32.2 Å². The molecule has 0 bridgehead atoms. The molecule has 2 aromatic carbocycles. The topological polar surface area (TPSA) is 63.7 Å². The van der Waals surface area contributed by atoms with Crippen molar-refractivity contribution >= 4 is 28.1 Å². The van der Waals surface area contributed by atoms with E-state index in [0.29, 0.717) is 24.5 Å². The lowest BCUT2D eigenvalue weighted by atomic mass is 10.1. The van der Waals surface area contributed by atoms with Gasteiger partial charge in [-0.1, -0.05) is 12.1 Å². The molecule has 28 heavy (non-hydrogen) atoms. The van der Waals surface area contributed by atoms with E-state index in [1.165, 1.54) is 0 Å². The van der Waals surface area contributed by atoms with E-state index in [1.54, 1.807) is 30.5 Å². The van der Waals surface area contributed by atoms with Crippen molar-refractivity contribution in [3.05, 3.63) is 52.9 Å². The molecule has 6 nitrogen and oxygen atoms in total. The van der Waals surface area contributed by atoms with Crippen molar-refractivity contribution in [2.45, 2.75) is 13.0 Å². The average Bonchev–Trinajstić information content (AvgIpc) is 3.30. The molecule has 0 saturated carbocycles. The van der Waals surface area contributed by atoms with E-state index in [4.69, 9.17) is 9.47 Å². The Labute approximate surface area is 167 Å². The number of benzene rings is 2. The SMILES string of the molecule is COc1ccc(CNc2nc(-c3ccc4c(c3)CC(=O)N4C)cs2)cc1OC. The number of amides is 1. The van der Waals surface area contributed by atoms with Gasteiger partial charge in [0.15, 0.2) is 16.6 Å². The summed E-state index contributed by atoms with van der Waals surface area (Å²) in [5.74, 6) is 1.55. The first-order chi connectivity index (χ1) is 13.6. The zero-order chi connectivity index (χ0) is 19.7. The molecule has 7 heteroatoms. The molecule has 1 N–H and O–H groups in total. The van der Waals surface area contributed by atoms with Crippen LogP contribution in [0.4, 0.5) is 10.8 Å². The van der Waals surface area contributed by atoms with Gasteiger partial charge < -0.3 is 19.7 Å². The van der Waals surface area contributed by atoms with E-state index >= 15 is 0 Å². The average molecular weight is 395 g/mol. The summed E-state index contributed by atoms with van der Waals surface area (Å²) in [6.45, 7) is 0.636. The zero-order valence-corrected chi connectivity index (χ0v) is 16.8. The van der Waals surface area contributed by atoms with Gasteiger partial charge in [-0.25, -0.2) is 4.98 Å². The number of aromatic nitrogens is 1. The molecule has 4 rings (SSSR count). The van der Waals surface area contributed by atoms with E-state index in [2.05, 4.69) is 16.4 Å². The molecule has 0 saturated heterocycles. The fourth-order valence-corrected chi connectivity index (χ4v) is 4.00. The van der Waals surface area contributed by atoms with Crippen LogP contribution in [0.15, 0.2) is 41.8 Å². The zero-order valence-electron chi connectivity index (χ0n) is 16.0. The smallest absolute Gasteiger partial charge is 0.231 e. The van der Waals surface area contributed by atoms with Crippen LogP contribution in [-0.2, 0) is 17.8 Å². The molecule has 1 aliphatic rings. The lowest BCUT2D eigenvalue weighted by molar-refractivity contribution is -0.117. The highest BCUT2D eigenvalue weighted by molar-refractivity contribution is 7.14. The molecule has 1 aliphatic heterocycles. The van der Waals surface area contributed by atoms with Crippen molar-refractivity contribution in [1.29, 1.82) is 0 Å². The molecular weight excluding hydrogens is 374 g/mol. The molecule has 2 heterocycles. The van der Waals surface area contributed by atoms with E-state index in [9.17, 15) is 4.79 Å². The molecule has 0 radical (unpaired) electrons. The Balaban J connectivity index is 1.47. The first-order valence-corrected chi connectivity index (χ1v) is 9.77. The van der Waals surface area contributed by atoms with Crippen molar-refractivity contribution in [2.24, 2.45) is 0 Å². The van der Waals surface area contributed by atoms with Gasteiger partial charge in [0.2, 0.25) is 5.91 Å². The molecule has 144 valence electrons. The Morgan fingerprint density at radius 1 is 1.14 bits per heavy atom. The van der Waals surface area contributed by atoms with Crippen LogP contribution in [0.2, 0.25) is 0 Å². The standard InChI is InChI=1S/C21H21N3O3S/c1-24-17-6-5-14(9-15(17)10-20(24)25)16-12-28-21(23-16)22-11-13-4-7-18(26-2)19(8-13)27-3/h4-9,12H,10-11H2,1-3H3,(H,22,23). The number of nitrogens with zero attached hydrogens (tertiary/aromatic N) is 2. The fourth-order valence-electron chi connectivity index (χ4n) is 3.29. The number of nitrogens with one attached hydrogen (secondary N) is 1. The van der Waals surface area contributed by atoms with E-state index in [-0.39, 0.29) is 5.91 Å². The second-order valence-corrected chi connectivity index (χ2v) is 7.41. The van der Waals surface area contributed by atoms with Gasteiger partial charge in [-0.3, -0.25) is 4.79 Å². The fraction of sp³-hybridized carbons (Fsp3) is 0.238. The second kappa shape index (κ2) is 7.52. The first-order valence-electron chi connectivity index (χ1n) is 8.89. The van der Waals surface area contributed by atoms with Crippen molar-refractivity contribution in [3.8, 4) is 22.8 Å². The molecule has 1 amide bonds. The van der Waals surface area contributed by atoms with Gasteiger partial charge in [0.1, 0.15) is 0 Å². The largest absolute Gasteiger partial charge is 0.493 e. The van der Waals surface area contributed by atoms with Gasteiger partial charge in [0.25, 0.3) is 0 Å². The predicted molar refractivity (Wildman–Crippen MR) is 112 cm³/mol. The third-order valence-electron chi connectivity index (χ3n) is 4.85. The quantitative estimate of drug-likeness (QED) is 0.685. The van der Waals surface area contributed by atoms with Gasteiger partial charge in [-0.2, -0.15) is 0 Å². The normalized spacial score (nSPS) is 12.8. The molecule has 0 unspecified atom stereocenters. The maximum atomic E-state index is 11.9. The van der Waals surface area contributed by atoms with Crippen LogP contribution in [0, 0.1) is 0 Å². The van der Waals surface area contributed by atoms with E-state index in [0.717, 1.165) is 33.2 Å². The number of rotatable bonds is 6. The Morgan fingerprint density at radius 2 is 1.96 bits per heavy atom. The van der Waals surface area contributed by atoms with Crippen LogP contribution in [0.25, 0.3) is 11.3 Å². The summed E-state index contributed by atoms with van der Waals surface area (Å²) in [6, 6.07) is 11.9. The number of ether oxygens (including phenoxy) is 2. The maximum absolute atomic E-state index is 11.9. The highest BCUT2D eigenvalue weighted by Crippen LogP contribution is 2.33. The maximum Gasteiger partial charge on any atom is 0.231 e. The van der Waals surface area contributed by atoms with Gasteiger partial charge in [-0.15, -0.1) is 11.3 Å². The molecule has 0 fully saturated rings. The number of methoxy groups -OCH3 is 2. The summed E-state index contributed by atoms with van der Waals surface area (Å²) in [5, 5.41) is 6.23. The van der Waals surface area contributed by atoms with Gasteiger partial charge in [0, 0.05) is 30.2 Å². The Hall–Kier alpha value is -3.06. The number of hydrogen-bond donors (Lipinski definition) is 1. The summed E-state index contributed by atoms with van der Waals surface area (Å²) < 4.78 is 10.6. The van der Waals surface area contributed by atoms with Gasteiger partial charge in [-0.05, 0) is 35.4 Å². The van der Waals surface area contributed by atoms with Gasteiger partial charge >= 0.3 is 0 Å². The molecular formula is C21H21N3O3S. The molecule has 3 aromatic rings. The Kier molecular flexibility index (Phi) is 4.92. The molecule has 0 spiro atoms. The van der Waals surface area contributed by atoms with Crippen LogP contribution < -0.4 is 19.7 Å². The lowest BCUT2D eigenvalue weighted by Crippen LogP contribution is -2.20. The predicted octanol–water partition coefficient (Wildman–Crippen LogP) is 3.96. The minimum atomic E-state index is 0.128. The number of anilines is 2. The Bertz CT molecular complexity index is 1030. The number of fused-ring (bicyclic) bond motifs is 1. The Morgan fingerprint density at radius 3 is 2.75 bits per heavy atom. The minimum absolute atomic E-state index is 0.128.